The van der Waals surface area contributed by atoms with Crippen LogP contribution in [0.1, 0.15) is 22.3 Å². The largest absolute Gasteiger partial charge is 0.331 e. The Hall–Kier alpha value is -0.820. The van der Waals surface area contributed by atoms with Gasteiger partial charge in [-0.3, -0.25) is 4.79 Å². The molecule has 0 aliphatic carbocycles. The van der Waals surface area contributed by atoms with Crippen LogP contribution in [0.15, 0.2) is 0 Å². The molecule has 1 rings (SSSR count). The number of alkyl halides is 3. The second-order valence-corrected chi connectivity index (χ2v) is 4.37. The Morgan fingerprint density at radius 1 is 1.59 bits per heavy atom. The molecular formula is C9H12ClF2N3OS. The molecule has 0 saturated heterocycles. The van der Waals surface area contributed by atoms with Crippen LogP contribution in [-0.2, 0) is 6.42 Å². The molecule has 0 fully saturated rings. The molecule has 17 heavy (non-hydrogen) atoms. The van der Waals surface area contributed by atoms with Gasteiger partial charge in [-0.05, 0) is 18.0 Å². The zero-order valence-corrected chi connectivity index (χ0v) is 10.8. The summed E-state index contributed by atoms with van der Waals surface area (Å²) in [5, 5.41) is 3.78. The molecule has 0 atom stereocenters. The van der Waals surface area contributed by atoms with Crippen LogP contribution >= 0.6 is 23.1 Å². The summed E-state index contributed by atoms with van der Waals surface area (Å²) >= 11 is 6.42. The molecule has 1 aromatic rings. The van der Waals surface area contributed by atoms with Gasteiger partial charge in [0.1, 0.15) is 4.88 Å². The smallest absolute Gasteiger partial charge is 0.267 e. The molecule has 0 aliphatic rings. The summed E-state index contributed by atoms with van der Waals surface area (Å²) < 4.78 is 28.3. The second kappa shape index (κ2) is 6.80. The molecule has 0 saturated carbocycles. The Labute approximate surface area is 107 Å². The van der Waals surface area contributed by atoms with Gasteiger partial charge >= 0.3 is 0 Å². The lowest BCUT2D eigenvalue weighted by atomic mass is 10.2. The van der Waals surface area contributed by atoms with Gasteiger partial charge in [0.25, 0.3) is 12.3 Å². The van der Waals surface area contributed by atoms with E-state index >= 15 is 0 Å². The Morgan fingerprint density at radius 3 is 2.82 bits per heavy atom. The zero-order chi connectivity index (χ0) is 12.8. The Balaban J connectivity index is 2.83. The van der Waals surface area contributed by atoms with Crippen molar-refractivity contribution < 1.29 is 13.6 Å². The molecule has 0 aromatic carbocycles. The highest BCUT2D eigenvalue weighted by Crippen LogP contribution is 2.15. The quantitative estimate of drug-likeness (QED) is 0.751. The third-order valence-corrected chi connectivity index (χ3v) is 3.01. The van der Waals surface area contributed by atoms with Crippen molar-refractivity contribution in [3.63, 3.8) is 0 Å². The first-order valence-electron chi connectivity index (χ1n) is 5.04. The Bertz CT molecular complexity index is 375. The van der Waals surface area contributed by atoms with Gasteiger partial charge in [-0.15, -0.1) is 16.7 Å². The predicted octanol–water partition coefficient (Wildman–Crippen LogP) is 2.05. The molecule has 1 heterocycles. The number of carbonyl (C=O) groups is 1. The van der Waals surface area contributed by atoms with Crippen LogP contribution in [0.25, 0.3) is 0 Å². The number of nitrogens with zero attached hydrogens (tertiary/aromatic N) is 3. The maximum Gasteiger partial charge on any atom is 0.267 e. The van der Waals surface area contributed by atoms with E-state index < -0.39 is 18.9 Å². The van der Waals surface area contributed by atoms with Crippen molar-refractivity contribution in [2.24, 2.45) is 0 Å². The number of amides is 1. The standard InChI is InChI=1S/C9H12ClF2N3OS/c1-2-6-8(17-14-13-6)9(16)15(4-3-10)5-7(11)12/h7H,2-5H2,1H3. The molecule has 0 aliphatic heterocycles. The first-order valence-corrected chi connectivity index (χ1v) is 6.35. The lowest BCUT2D eigenvalue weighted by molar-refractivity contribution is 0.0574. The lowest BCUT2D eigenvalue weighted by Crippen LogP contribution is -2.36. The monoisotopic (exact) mass is 283 g/mol. The minimum absolute atomic E-state index is 0.0891. The van der Waals surface area contributed by atoms with E-state index in [0.717, 1.165) is 16.4 Å². The number of rotatable bonds is 6. The van der Waals surface area contributed by atoms with Gasteiger partial charge in [0.15, 0.2) is 0 Å². The Morgan fingerprint density at radius 2 is 2.29 bits per heavy atom. The third kappa shape index (κ3) is 3.85. The molecule has 0 bridgehead atoms. The van der Waals surface area contributed by atoms with Crippen molar-refractivity contribution in [2.45, 2.75) is 19.8 Å². The van der Waals surface area contributed by atoms with Crippen molar-refractivity contribution in [2.75, 3.05) is 19.0 Å². The van der Waals surface area contributed by atoms with Crippen molar-refractivity contribution in [1.82, 2.24) is 14.5 Å². The number of halogens is 3. The van der Waals surface area contributed by atoms with Gasteiger partial charge in [0.2, 0.25) is 0 Å². The van der Waals surface area contributed by atoms with Crippen molar-refractivity contribution >= 4 is 29.0 Å². The number of aromatic nitrogens is 2. The van der Waals surface area contributed by atoms with Crippen LogP contribution in [0, 0.1) is 0 Å². The van der Waals surface area contributed by atoms with Gasteiger partial charge in [0.05, 0.1) is 12.2 Å². The van der Waals surface area contributed by atoms with E-state index in [1.165, 1.54) is 0 Å². The van der Waals surface area contributed by atoms with E-state index in [1.54, 1.807) is 0 Å². The maximum atomic E-state index is 12.3. The summed E-state index contributed by atoms with van der Waals surface area (Å²) in [7, 11) is 0. The van der Waals surface area contributed by atoms with Gasteiger partial charge in [0, 0.05) is 12.4 Å². The molecule has 1 amide bonds. The average Bonchev–Trinajstić information content (AvgIpc) is 2.74. The normalized spacial score (nSPS) is 10.9. The summed E-state index contributed by atoms with van der Waals surface area (Å²) in [6.07, 6.45) is -2.03. The first-order chi connectivity index (χ1) is 8.10. The lowest BCUT2D eigenvalue weighted by Gasteiger charge is -2.20. The molecule has 0 radical (unpaired) electrons. The molecule has 1 aromatic heterocycles. The number of hydrogen-bond acceptors (Lipinski definition) is 4. The molecule has 0 spiro atoms. The van der Waals surface area contributed by atoms with E-state index in [1.807, 2.05) is 6.92 Å². The van der Waals surface area contributed by atoms with E-state index in [9.17, 15) is 13.6 Å². The highest BCUT2D eigenvalue weighted by Gasteiger charge is 2.23. The second-order valence-electron chi connectivity index (χ2n) is 3.23. The van der Waals surface area contributed by atoms with Gasteiger partial charge < -0.3 is 4.90 Å². The summed E-state index contributed by atoms with van der Waals surface area (Å²) in [6.45, 7) is 1.30. The maximum absolute atomic E-state index is 12.3. The third-order valence-electron chi connectivity index (χ3n) is 2.08. The minimum atomic E-state index is -2.58. The Kier molecular flexibility index (Phi) is 5.70. The predicted molar refractivity (Wildman–Crippen MR) is 61.9 cm³/mol. The fourth-order valence-corrected chi connectivity index (χ4v) is 2.21. The van der Waals surface area contributed by atoms with Gasteiger partial charge in [-0.1, -0.05) is 11.4 Å². The molecule has 96 valence electrons. The van der Waals surface area contributed by atoms with Gasteiger partial charge in [-0.2, -0.15) is 0 Å². The van der Waals surface area contributed by atoms with Crippen LogP contribution < -0.4 is 0 Å². The van der Waals surface area contributed by atoms with E-state index in [-0.39, 0.29) is 12.4 Å². The van der Waals surface area contributed by atoms with Crippen LogP contribution in [0.4, 0.5) is 8.78 Å². The number of carbonyl (C=O) groups excluding carboxylic acids is 1. The first kappa shape index (κ1) is 14.2. The fourth-order valence-electron chi connectivity index (χ4n) is 1.29. The summed E-state index contributed by atoms with van der Waals surface area (Å²) in [5.74, 6) is -0.357. The van der Waals surface area contributed by atoms with Gasteiger partial charge in [-0.25, -0.2) is 8.78 Å². The molecule has 0 N–H and O–H groups in total. The number of hydrogen-bond donors (Lipinski definition) is 0. The highest BCUT2D eigenvalue weighted by atomic mass is 35.5. The zero-order valence-electron chi connectivity index (χ0n) is 9.20. The summed E-state index contributed by atoms with van der Waals surface area (Å²) in [4.78, 5) is 13.3. The fraction of sp³-hybridized carbons (Fsp3) is 0.667. The summed E-state index contributed by atoms with van der Waals surface area (Å²) in [6, 6.07) is 0. The molecule has 4 nitrogen and oxygen atoms in total. The van der Waals surface area contributed by atoms with Crippen LogP contribution in [0.2, 0.25) is 0 Å². The average molecular weight is 284 g/mol. The summed E-state index contributed by atoms with van der Waals surface area (Å²) in [5.41, 5.74) is 0.536. The molecule has 8 heteroatoms. The SMILES string of the molecule is CCc1nnsc1C(=O)N(CCCl)CC(F)F. The number of aryl methyl sites for hydroxylation is 1. The minimum Gasteiger partial charge on any atom is -0.331 e. The van der Waals surface area contributed by atoms with Crippen molar-refractivity contribution in [3.05, 3.63) is 10.6 Å². The van der Waals surface area contributed by atoms with Crippen LogP contribution in [0.3, 0.4) is 0 Å². The highest BCUT2D eigenvalue weighted by molar-refractivity contribution is 7.08. The van der Waals surface area contributed by atoms with E-state index in [2.05, 4.69) is 9.59 Å². The van der Waals surface area contributed by atoms with Crippen LogP contribution in [-0.4, -0.2) is 45.8 Å². The van der Waals surface area contributed by atoms with Crippen LogP contribution in [0.5, 0.6) is 0 Å². The van der Waals surface area contributed by atoms with Crippen molar-refractivity contribution in [1.29, 1.82) is 0 Å². The molecular weight excluding hydrogens is 272 g/mol. The molecule has 0 unspecified atom stereocenters. The van der Waals surface area contributed by atoms with E-state index in [0.29, 0.717) is 17.0 Å². The van der Waals surface area contributed by atoms with E-state index in [4.69, 9.17) is 11.6 Å². The van der Waals surface area contributed by atoms with Crippen molar-refractivity contribution in [3.8, 4) is 0 Å². The topological polar surface area (TPSA) is 46.1 Å².